The van der Waals surface area contributed by atoms with Crippen molar-refractivity contribution in [2.75, 3.05) is 18.5 Å². The predicted octanol–water partition coefficient (Wildman–Crippen LogP) is 2.43. The second-order valence-electron chi connectivity index (χ2n) is 4.30. The first-order valence-electron chi connectivity index (χ1n) is 4.68. The van der Waals surface area contributed by atoms with Crippen LogP contribution in [0.15, 0.2) is 18.2 Å². The number of para-hydroxylation sites is 1. The van der Waals surface area contributed by atoms with Gasteiger partial charge in [-0.05, 0) is 26.0 Å². The summed E-state index contributed by atoms with van der Waals surface area (Å²) < 4.78 is 19.1. The third-order valence-corrected chi connectivity index (χ3v) is 2.34. The monoisotopic (exact) mass is 195 g/mol. The van der Waals surface area contributed by atoms with Gasteiger partial charge in [0, 0.05) is 7.05 Å². The molecule has 1 aromatic carbocycles. The van der Waals surface area contributed by atoms with Crippen LogP contribution >= 0.6 is 0 Å². The van der Waals surface area contributed by atoms with E-state index in [-0.39, 0.29) is 11.4 Å². The molecule has 0 saturated heterocycles. The largest absolute Gasteiger partial charge is 0.484 e. The van der Waals surface area contributed by atoms with Gasteiger partial charge >= 0.3 is 0 Å². The summed E-state index contributed by atoms with van der Waals surface area (Å²) in [6.07, 6.45) is 0. The molecule has 0 spiro atoms. The molecule has 0 atom stereocenters. The summed E-state index contributed by atoms with van der Waals surface area (Å²) in [5.74, 6) is 0.407. The average molecular weight is 195 g/mol. The Morgan fingerprint density at radius 2 is 2.14 bits per heavy atom. The summed E-state index contributed by atoms with van der Waals surface area (Å²) >= 11 is 0. The van der Waals surface area contributed by atoms with E-state index in [1.165, 1.54) is 6.07 Å². The van der Waals surface area contributed by atoms with Crippen molar-refractivity contribution in [1.29, 1.82) is 0 Å². The lowest BCUT2D eigenvalue weighted by Gasteiger charge is -2.38. The van der Waals surface area contributed by atoms with Gasteiger partial charge in [0.05, 0.1) is 6.54 Å². The predicted molar refractivity (Wildman–Crippen MR) is 54.4 cm³/mol. The number of hydrogen-bond acceptors (Lipinski definition) is 2. The van der Waals surface area contributed by atoms with Crippen LogP contribution < -0.4 is 9.64 Å². The van der Waals surface area contributed by atoms with Crippen molar-refractivity contribution in [3.63, 3.8) is 0 Å². The third kappa shape index (κ3) is 1.43. The Bertz CT molecular complexity index is 362. The second kappa shape index (κ2) is 2.87. The van der Waals surface area contributed by atoms with E-state index in [4.69, 9.17) is 4.74 Å². The van der Waals surface area contributed by atoms with Crippen molar-refractivity contribution in [1.82, 2.24) is 0 Å². The normalized spacial score (nSPS) is 18.7. The van der Waals surface area contributed by atoms with Crippen molar-refractivity contribution < 1.29 is 9.13 Å². The minimum atomic E-state index is -0.254. The fourth-order valence-electron chi connectivity index (χ4n) is 1.93. The highest BCUT2D eigenvalue weighted by atomic mass is 19.1. The van der Waals surface area contributed by atoms with Gasteiger partial charge < -0.3 is 9.64 Å². The average Bonchev–Trinajstić information content (AvgIpc) is 2.00. The van der Waals surface area contributed by atoms with Gasteiger partial charge in [-0.2, -0.15) is 0 Å². The summed E-state index contributed by atoms with van der Waals surface area (Å²) in [4.78, 5) is 1.90. The number of likely N-dealkylation sites (N-methyl/N-ethyl adjacent to an activating group) is 1. The van der Waals surface area contributed by atoms with Crippen LogP contribution in [0.25, 0.3) is 0 Å². The molecule has 0 radical (unpaired) electrons. The molecule has 0 amide bonds. The van der Waals surface area contributed by atoms with Crippen LogP contribution in [0.2, 0.25) is 0 Å². The van der Waals surface area contributed by atoms with E-state index in [0.29, 0.717) is 18.0 Å². The second-order valence-corrected chi connectivity index (χ2v) is 4.30. The lowest BCUT2D eigenvalue weighted by atomic mass is 10.1. The van der Waals surface area contributed by atoms with Gasteiger partial charge in [-0.25, -0.2) is 4.39 Å². The molecule has 1 aromatic rings. The Balaban J connectivity index is 2.50. The minimum absolute atomic E-state index is 0.222. The van der Waals surface area contributed by atoms with Crippen molar-refractivity contribution in [2.45, 2.75) is 19.4 Å². The highest BCUT2D eigenvalue weighted by molar-refractivity contribution is 5.61. The van der Waals surface area contributed by atoms with Crippen molar-refractivity contribution in [3.8, 4) is 5.75 Å². The lowest BCUT2D eigenvalue weighted by Crippen LogP contribution is -2.45. The molecule has 76 valence electrons. The number of rotatable bonds is 0. The Hall–Kier alpha value is -1.25. The Morgan fingerprint density at radius 1 is 1.43 bits per heavy atom. The van der Waals surface area contributed by atoms with E-state index >= 15 is 0 Å². The first kappa shape index (κ1) is 9.31. The molecular weight excluding hydrogens is 181 g/mol. The molecule has 0 unspecified atom stereocenters. The van der Waals surface area contributed by atoms with Crippen LogP contribution in [0.3, 0.4) is 0 Å². The Labute approximate surface area is 83.3 Å². The van der Waals surface area contributed by atoms with Gasteiger partial charge in [0.1, 0.15) is 22.9 Å². The lowest BCUT2D eigenvalue weighted by molar-refractivity contribution is 0.106. The number of benzene rings is 1. The van der Waals surface area contributed by atoms with E-state index in [1.54, 1.807) is 12.1 Å². The third-order valence-electron chi connectivity index (χ3n) is 2.34. The number of fused-ring (bicyclic) bond motifs is 1. The maximum atomic E-state index is 13.5. The molecular formula is C11H14FNO. The summed E-state index contributed by atoms with van der Waals surface area (Å²) in [5, 5.41) is 0. The number of halogens is 1. The highest BCUT2D eigenvalue weighted by Gasteiger charge is 2.31. The Morgan fingerprint density at radius 3 is 2.86 bits per heavy atom. The fraction of sp³-hybridized carbons (Fsp3) is 0.455. The van der Waals surface area contributed by atoms with Gasteiger partial charge in [0.15, 0.2) is 0 Å². The van der Waals surface area contributed by atoms with Crippen molar-refractivity contribution in [3.05, 3.63) is 24.0 Å². The number of anilines is 1. The topological polar surface area (TPSA) is 12.5 Å². The zero-order chi connectivity index (χ0) is 10.3. The maximum Gasteiger partial charge on any atom is 0.150 e. The van der Waals surface area contributed by atoms with E-state index in [2.05, 4.69) is 0 Å². The zero-order valence-electron chi connectivity index (χ0n) is 8.67. The van der Waals surface area contributed by atoms with Gasteiger partial charge in [-0.15, -0.1) is 0 Å². The molecule has 1 aliphatic rings. The molecule has 0 aliphatic carbocycles. The zero-order valence-corrected chi connectivity index (χ0v) is 8.67. The minimum Gasteiger partial charge on any atom is -0.484 e. The summed E-state index contributed by atoms with van der Waals surface area (Å²) in [5.41, 5.74) is 0.307. The summed E-state index contributed by atoms with van der Waals surface area (Å²) in [6.45, 7) is 4.69. The summed E-state index contributed by atoms with van der Waals surface area (Å²) in [7, 11) is 1.88. The van der Waals surface area contributed by atoms with Gasteiger partial charge in [0.2, 0.25) is 0 Å². The molecule has 3 heteroatoms. The van der Waals surface area contributed by atoms with Gasteiger partial charge in [-0.1, -0.05) is 6.07 Å². The molecule has 14 heavy (non-hydrogen) atoms. The SMILES string of the molecule is CN1CC(C)(C)Oc2cccc(F)c21. The van der Waals surface area contributed by atoms with E-state index in [1.807, 2.05) is 25.8 Å². The van der Waals surface area contributed by atoms with Gasteiger partial charge in [-0.3, -0.25) is 0 Å². The molecule has 1 heterocycles. The van der Waals surface area contributed by atoms with E-state index in [9.17, 15) is 4.39 Å². The molecule has 0 aromatic heterocycles. The first-order valence-corrected chi connectivity index (χ1v) is 4.68. The molecule has 2 rings (SSSR count). The molecule has 1 aliphatic heterocycles. The van der Waals surface area contributed by atoms with Crippen LogP contribution in [0, 0.1) is 5.82 Å². The summed E-state index contributed by atoms with van der Waals surface area (Å²) in [6, 6.07) is 4.93. The number of ether oxygens (including phenoxy) is 1. The molecule has 0 bridgehead atoms. The highest BCUT2D eigenvalue weighted by Crippen LogP contribution is 2.37. The standard InChI is InChI=1S/C11H14FNO/c1-11(2)7-13(3)10-8(12)5-4-6-9(10)14-11/h4-6H,7H2,1-3H3. The Kier molecular flexibility index (Phi) is 1.91. The van der Waals surface area contributed by atoms with Crippen LogP contribution in [-0.4, -0.2) is 19.2 Å². The molecule has 2 nitrogen and oxygen atoms in total. The number of hydrogen-bond donors (Lipinski definition) is 0. The quantitative estimate of drug-likeness (QED) is 0.630. The molecule has 0 saturated carbocycles. The fourth-order valence-corrected chi connectivity index (χ4v) is 1.93. The molecule has 0 N–H and O–H groups in total. The smallest absolute Gasteiger partial charge is 0.150 e. The van der Waals surface area contributed by atoms with E-state index < -0.39 is 0 Å². The van der Waals surface area contributed by atoms with Crippen LogP contribution in [0.1, 0.15) is 13.8 Å². The van der Waals surface area contributed by atoms with Crippen LogP contribution in [-0.2, 0) is 0 Å². The van der Waals surface area contributed by atoms with Crippen LogP contribution in [0.5, 0.6) is 5.75 Å². The van der Waals surface area contributed by atoms with Crippen LogP contribution in [0.4, 0.5) is 10.1 Å². The maximum absolute atomic E-state index is 13.5. The van der Waals surface area contributed by atoms with Gasteiger partial charge in [0.25, 0.3) is 0 Å². The number of nitrogens with zero attached hydrogens (tertiary/aromatic N) is 1. The van der Waals surface area contributed by atoms with Crippen molar-refractivity contribution >= 4 is 5.69 Å². The molecule has 0 fully saturated rings. The van der Waals surface area contributed by atoms with Crippen molar-refractivity contribution in [2.24, 2.45) is 0 Å². The van der Waals surface area contributed by atoms with E-state index in [0.717, 1.165) is 0 Å². The first-order chi connectivity index (χ1) is 6.49.